The third kappa shape index (κ3) is 3.12. The molecule has 3 heterocycles. The fourth-order valence-corrected chi connectivity index (χ4v) is 3.35. The van der Waals surface area contributed by atoms with Crippen molar-refractivity contribution in [2.24, 2.45) is 0 Å². The van der Waals surface area contributed by atoms with Gasteiger partial charge < -0.3 is 19.3 Å². The summed E-state index contributed by atoms with van der Waals surface area (Å²) < 4.78 is 17.0. The highest BCUT2D eigenvalue weighted by Crippen LogP contribution is 2.36. The molecule has 1 aromatic heterocycles. The summed E-state index contributed by atoms with van der Waals surface area (Å²) >= 11 is 0. The molecule has 1 N–H and O–H groups in total. The largest absolute Gasteiger partial charge is 0.381 e. The Hall–Kier alpha value is -0.980. The van der Waals surface area contributed by atoms with Gasteiger partial charge in [-0.1, -0.05) is 5.16 Å². The molecule has 0 aromatic carbocycles. The molecular formula is C15H25N3O3. The molecule has 6 nitrogen and oxygen atoms in total. The third-order valence-electron chi connectivity index (χ3n) is 4.54. The van der Waals surface area contributed by atoms with Gasteiger partial charge in [0, 0.05) is 44.6 Å². The topological polar surface area (TPSA) is 69.4 Å². The van der Waals surface area contributed by atoms with Crippen molar-refractivity contribution >= 4 is 0 Å². The number of hydrogen-bond acceptors (Lipinski definition) is 6. The van der Waals surface area contributed by atoms with Crippen LogP contribution in [0.1, 0.15) is 57.2 Å². The molecule has 2 atom stereocenters. The number of aromatic nitrogens is 2. The predicted molar refractivity (Wildman–Crippen MR) is 77.1 cm³/mol. The molecule has 2 saturated heterocycles. The van der Waals surface area contributed by atoms with Crippen molar-refractivity contribution in [1.29, 1.82) is 0 Å². The maximum atomic E-state index is 6.00. The van der Waals surface area contributed by atoms with E-state index < -0.39 is 5.60 Å². The smallest absolute Gasteiger partial charge is 0.229 e. The van der Waals surface area contributed by atoms with Crippen molar-refractivity contribution in [3.63, 3.8) is 0 Å². The van der Waals surface area contributed by atoms with Crippen LogP contribution in [-0.4, -0.2) is 42.5 Å². The molecule has 1 aromatic rings. The lowest BCUT2D eigenvalue weighted by Crippen LogP contribution is -2.38. The Bertz CT molecular complexity index is 451. The Balaban J connectivity index is 1.78. The molecule has 21 heavy (non-hydrogen) atoms. The summed E-state index contributed by atoms with van der Waals surface area (Å²) in [5, 5.41) is 7.69. The molecular weight excluding hydrogens is 270 g/mol. The summed E-state index contributed by atoms with van der Waals surface area (Å²) in [6.45, 7) is 7.24. The van der Waals surface area contributed by atoms with Crippen molar-refractivity contribution in [3.8, 4) is 0 Å². The van der Waals surface area contributed by atoms with Crippen LogP contribution in [0.25, 0.3) is 0 Å². The fourth-order valence-electron chi connectivity index (χ4n) is 3.35. The molecule has 2 fully saturated rings. The Kier molecular flexibility index (Phi) is 4.57. The van der Waals surface area contributed by atoms with Gasteiger partial charge in [-0.25, -0.2) is 0 Å². The maximum absolute atomic E-state index is 6.00. The van der Waals surface area contributed by atoms with Crippen LogP contribution in [0.2, 0.25) is 0 Å². The van der Waals surface area contributed by atoms with Gasteiger partial charge in [-0.15, -0.1) is 0 Å². The van der Waals surface area contributed by atoms with Crippen LogP contribution < -0.4 is 5.32 Å². The molecule has 2 unspecified atom stereocenters. The lowest BCUT2D eigenvalue weighted by molar-refractivity contribution is -0.118. The second kappa shape index (κ2) is 6.42. The zero-order valence-electron chi connectivity index (χ0n) is 12.9. The summed E-state index contributed by atoms with van der Waals surface area (Å²) in [5.41, 5.74) is -0.423. The first-order valence-corrected chi connectivity index (χ1v) is 8.02. The molecule has 2 aliphatic heterocycles. The van der Waals surface area contributed by atoms with E-state index in [0.29, 0.717) is 37.6 Å². The summed E-state index contributed by atoms with van der Waals surface area (Å²) in [5.74, 6) is 1.83. The van der Waals surface area contributed by atoms with Crippen LogP contribution in [0.5, 0.6) is 0 Å². The van der Waals surface area contributed by atoms with E-state index >= 15 is 0 Å². The lowest BCUT2D eigenvalue weighted by Gasteiger charge is -2.33. The third-order valence-corrected chi connectivity index (χ3v) is 4.54. The molecule has 118 valence electrons. The van der Waals surface area contributed by atoms with Crippen LogP contribution in [-0.2, 0) is 15.1 Å². The Labute approximate surface area is 125 Å². The minimum absolute atomic E-state index is 0.362. The SMILES string of the molecule is CCOC1(c2noc(C3CCNC(C)C3)n2)CCOCC1. The molecule has 0 radical (unpaired) electrons. The van der Waals surface area contributed by atoms with Crippen LogP contribution in [0, 0.1) is 0 Å². The van der Waals surface area contributed by atoms with Gasteiger partial charge in [-0.2, -0.15) is 4.98 Å². The van der Waals surface area contributed by atoms with Gasteiger partial charge in [0.1, 0.15) is 5.60 Å². The number of nitrogens with one attached hydrogen (secondary N) is 1. The first-order valence-electron chi connectivity index (χ1n) is 8.02. The van der Waals surface area contributed by atoms with Crippen LogP contribution in [0.3, 0.4) is 0 Å². The average Bonchev–Trinajstić information content (AvgIpc) is 2.99. The van der Waals surface area contributed by atoms with E-state index in [9.17, 15) is 0 Å². The monoisotopic (exact) mass is 295 g/mol. The van der Waals surface area contributed by atoms with E-state index in [1.807, 2.05) is 6.92 Å². The summed E-state index contributed by atoms with van der Waals surface area (Å²) in [6.07, 6.45) is 3.69. The maximum Gasteiger partial charge on any atom is 0.229 e. The number of nitrogens with zero attached hydrogens (tertiary/aromatic N) is 2. The van der Waals surface area contributed by atoms with Crippen molar-refractivity contribution in [2.45, 2.75) is 57.1 Å². The van der Waals surface area contributed by atoms with Crippen LogP contribution in [0.15, 0.2) is 4.52 Å². The molecule has 0 saturated carbocycles. The standard InChI is InChI=1S/C15H25N3O3/c1-3-20-15(5-8-19-9-6-15)14-17-13(21-18-14)12-4-7-16-11(2)10-12/h11-12,16H,3-10H2,1-2H3. The molecule has 0 aliphatic carbocycles. The molecule has 3 rings (SSSR count). The average molecular weight is 295 g/mol. The molecule has 6 heteroatoms. The van der Waals surface area contributed by atoms with E-state index in [1.54, 1.807) is 0 Å². The van der Waals surface area contributed by atoms with E-state index in [1.165, 1.54) is 0 Å². The number of hydrogen-bond donors (Lipinski definition) is 1. The Morgan fingerprint density at radius 1 is 1.38 bits per heavy atom. The zero-order valence-corrected chi connectivity index (χ0v) is 12.9. The molecule has 0 bridgehead atoms. The summed E-state index contributed by atoms with van der Waals surface area (Å²) in [4.78, 5) is 4.70. The Morgan fingerprint density at radius 2 is 2.19 bits per heavy atom. The van der Waals surface area contributed by atoms with Crippen molar-refractivity contribution in [3.05, 3.63) is 11.7 Å². The van der Waals surface area contributed by atoms with Crippen molar-refractivity contribution in [1.82, 2.24) is 15.5 Å². The van der Waals surface area contributed by atoms with Crippen molar-refractivity contribution < 1.29 is 14.0 Å². The summed E-state index contributed by atoms with van der Waals surface area (Å²) in [7, 11) is 0. The second-order valence-electron chi connectivity index (χ2n) is 6.07. The molecule has 0 spiro atoms. The van der Waals surface area contributed by atoms with Gasteiger partial charge in [0.2, 0.25) is 11.7 Å². The highest BCUT2D eigenvalue weighted by atomic mass is 16.5. The van der Waals surface area contributed by atoms with Crippen molar-refractivity contribution in [2.75, 3.05) is 26.4 Å². The van der Waals surface area contributed by atoms with Gasteiger partial charge in [-0.3, -0.25) is 0 Å². The molecule has 2 aliphatic rings. The van der Waals surface area contributed by atoms with Gasteiger partial charge in [0.15, 0.2) is 0 Å². The minimum Gasteiger partial charge on any atom is -0.381 e. The predicted octanol–water partition coefficient (Wildman–Crippen LogP) is 1.97. The number of rotatable bonds is 4. The fraction of sp³-hybridized carbons (Fsp3) is 0.867. The van der Waals surface area contributed by atoms with E-state index in [0.717, 1.165) is 38.1 Å². The lowest BCUT2D eigenvalue weighted by atomic mass is 9.92. The zero-order chi connectivity index (χ0) is 14.7. The van der Waals surface area contributed by atoms with Gasteiger partial charge >= 0.3 is 0 Å². The van der Waals surface area contributed by atoms with Gasteiger partial charge in [0.25, 0.3) is 0 Å². The normalized spacial score (nSPS) is 29.4. The van der Waals surface area contributed by atoms with Crippen LogP contribution in [0.4, 0.5) is 0 Å². The quantitative estimate of drug-likeness (QED) is 0.916. The summed E-state index contributed by atoms with van der Waals surface area (Å²) in [6, 6.07) is 0.503. The highest BCUT2D eigenvalue weighted by Gasteiger charge is 2.40. The minimum atomic E-state index is -0.423. The van der Waals surface area contributed by atoms with Gasteiger partial charge in [-0.05, 0) is 33.2 Å². The van der Waals surface area contributed by atoms with Gasteiger partial charge in [0.05, 0.1) is 0 Å². The molecule has 0 amide bonds. The first-order chi connectivity index (χ1) is 10.2. The van der Waals surface area contributed by atoms with E-state index in [4.69, 9.17) is 19.0 Å². The number of piperidine rings is 1. The first kappa shape index (κ1) is 14.9. The number of ether oxygens (including phenoxy) is 2. The Morgan fingerprint density at radius 3 is 2.90 bits per heavy atom. The van der Waals surface area contributed by atoms with Crippen LogP contribution >= 0.6 is 0 Å². The second-order valence-corrected chi connectivity index (χ2v) is 6.07. The van der Waals surface area contributed by atoms with E-state index in [2.05, 4.69) is 17.4 Å². The highest BCUT2D eigenvalue weighted by molar-refractivity contribution is 5.06. The van der Waals surface area contributed by atoms with E-state index in [-0.39, 0.29) is 0 Å².